The van der Waals surface area contributed by atoms with Crippen molar-refractivity contribution in [1.82, 2.24) is 0 Å². The minimum atomic E-state index is -0.762. The Morgan fingerprint density at radius 2 is 0.593 bits per heavy atom. The summed E-state index contributed by atoms with van der Waals surface area (Å²) in [6.07, 6.45) is 46.5. The highest BCUT2D eigenvalue weighted by Gasteiger charge is 2.19. The number of unbranched alkanes of at least 4 members (excludes halogenated alkanes) is 30. The lowest BCUT2D eigenvalue weighted by molar-refractivity contribution is -0.167. The Labute approximate surface area is 368 Å². The highest BCUT2D eigenvalue weighted by atomic mass is 16.6. The lowest BCUT2D eigenvalue weighted by atomic mass is 9.99. The molecule has 0 rings (SSSR count). The Morgan fingerprint density at radius 3 is 0.881 bits per heavy atom. The Balaban J connectivity index is 4.29. The number of hydrogen-bond donors (Lipinski definition) is 0. The third kappa shape index (κ3) is 44.3. The minimum Gasteiger partial charge on any atom is -0.462 e. The van der Waals surface area contributed by atoms with Gasteiger partial charge in [0, 0.05) is 19.3 Å². The van der Waals surface area contributed by atoms with Gasteiger partial charge in [-0.15, -0.1) is 0 Å². The number of carbonyl (C=O) groups is 3. The van der Waals surface area contributed by atoms with Crippen molar-refractivity contribution in [3.05, 3.63) is 0 Å². The van der Waals surface area contributed by atoms with Gasteiger partial charge in [0.1, 0.15) is 13.2 Å². The Bertz CT molecular complexity index is 904. The lowest BCUT2D eigenvalue weighted by Crippen LogP contribution is -2.30. The molecule has 0 spiro atoms. The van der Waals surface area contributed by atoms with Gasteiger partial charge in [-0.2, -0.15) is 0 Å². The fourth-order valence-corrected chi connectivity index (χ4v) is 7.93. The van der Waals surface area contributed by atoms with Gasteiger partial charge in [-0.25, -0.2) is 0 Å². The minimum absolute atomic E-state index is 0.0642. The first-order valence-electron chi connectivity index (χ1n) is 26.3. The van der Waals surface area contributed by atoms with Crippen molar-refractivity contribution in [3.8, 4) is 0 Å². The zero-order valence-electron chi connectivity index (χ0n) is 40.4. The Kier molecular flexibility index (Phi) is 44.7. The van der Waals surface area contributed by atoms with Gasteiger partial charge in [0.2, 0.25) is 0 Å². The van der Waals surface area contributed by atoms with E-state index in [1.807, 2.05) is 0 Å². The molecule has 0 amide bonds. The molecule has 0 aliphatic rings. The maximum absolute atomic E-state index is 12.8. The molecule has 2 unspecified atom stereocenters. The smallest absolute Gasteiger partial charge is 0.306 e. The van der Waals surface area contributed by atoms with Gasteiger partial charge in [0.25, 0.3) is 0 Å². The van der Waals surface area contributed by atoms with Gasteiger partial charge in [0.05, 0.1) is 0 Å². The number of ether oxygens (including phenoxy) is 3. The second-order valence-electron chi connectivity index (χ2n) is 18.6. The molecular weight excluding hydrogens is 733 g/mol. The van der Waals surface area contributed by atoms with E-state index >= 15 is 0 Å². The van der Waals surface area contributed by atoms with E-state index in [-0.39, 0.29) is 31.1 Å². The van der Waals surface area contributed by atoms with Crippen LogP contribution in [0.3, 0.4) is 0 Å². The molecule has 0 bridgehead atoms. The van der Waals surface area contributed by atoms with E-state index in [0.717, 1.165) is 69.6 Å². The molecule has 6 nitrogen and oxygen atoms in total. The van der Waals surface area contributed by atoms with E-state index in [0.29, 0.717) is 19.3 Å². The van der Waals surface area contributed by atoms with Crippen LogP contribution in [0.15, 0.2) is 0 Å². The summed E-state index contributed by atoms with van der Waals surface area (Å²) in [5.41, 5.74) is 0. The van der Waals surface area contributed by atoms with Crippen LogP contribution in [0.5, 0.6) is 0 Å². The fourth-order valence-electron chi connectivity index (χ4n) is 7.93. The molecule has 59 heavy (non-hydrogen) atoms. The predicted molar refractivity (Wildman–Crippen MR) is 252 cm³/mol. The van der Waals surface area contributed by atoms with E-state index in [2.05, 4.69) is 34.6 Å². The molecule has 0 radical (unpaired) electrons. The second kappa shape index (κ2) is 45.9. The van der Waals surface area contributed by atoms with Crippen molar-refractivity contribution in [2.24, 2.45) is 11.8 Å². The van der Waals surface area contributed by atoms with Crippen molar-refractivity contribution in [3.63, 3.8) is 0 Å². The lowest BCUT2D eigenvalue weighted by Gasteiger charge is -2.18. The van der Waals surface area contributed by atoms with Crippen LogP contribution in [0.25, 0.3) is 0 Å². The van der Waals surface area contributed by atoms with Gasteiger partial charge < -0.3 is 14.2 Å². The SMILES string of the molecule is CCCCCCCCCCCCCCCC(=O)OC[C@@H](COC(=O)CCCCCCCCC(C)CC)OC(=O)CCCCCCCCCCCCCCCCC(C)CC. The van der Waals surface area contributed by atoms with Gasteiger partial charge in [-0.3, -0.25) is 14.4 Å². The van der Waals surface area contributed by atoms with E-state index in [9.17, 15) is 14.4 Å². The summed E-state index contributed by atoms with van der Waals surface area (Å²) in [6, 6.07) is 0. The van der Waals surface area contributed by atoms with Crippen molar-refractivity contribution in [1.29, 1.82) is 0 Å². The largest absolute Gasteiger partial charge is 0.462 e. The summed E-state index contributed by atoms with van der Waals surface area (Å²) in [5.74, 6) is 0.859. The van der Waals surface area contributed by atoms with E-state index in [1.54, 1.807) is 0 Å². The summed E-state index contributed by atoms with van der Waals surface area (Å²) < 4.78 is 16.8. The van der Waals surface area contributed by atoms with Gasteiger partial charge in [-0.1, -0.05) is 253 Å². The molecule has 6 heteroatoms. The standard InChI is InChI=1S/C53H102O6/c1-6-9-10-11-12-13-14-17-21-24-27-33-38-43-51(54)57-46-50(47-58-52(55)44-39-34-30-29-32-37-42-49(5)8-3)59-53(56)45-40-35-28-25-22-19-16-15-18-20-23-26-31-36-41-48(4)7-2/h48-50H,6-47H2,1-5H3/t48?,49?,50-/m0/s1. The van der Waals surface area contributed by atoms with Gasteiger partial charge in [-0.05, 0) is 31.1 Å². The Hall–Kier alpha value is -1.59. The summed E-state index contributed by atoms with van der Waals surface area (Å²) in [4.78, 5) is 37.9. The zero-order chi connectivity index (χ0) is 43.3. The van der Waals surface area contributed by atoms with E-state index in [4.69, 9.17) is 14.2 Å². The number of esters is 3. The molecule has 0 aliphatic carbocycles. The van der Waals surface area contributed by atoms with Crippen molar-refractivity contribution >= 4 is 17.9 Å². The quantitative estimate of drug-likeness (QED) is 0.0345. The predicted octanol–water partition coefficient (Wildman–Crippen LogP) is 16.9. The van der Waals surface area contributed by atoms with Crippen LogP contribution >= 0.6 is 0 Å². The molecule has 0 N–H and O–H groups in total. The van der Waals surface area contributed by atoms with Crippen LogP contribution in [0.4, 0.5) is 0 Å². The summed E-state index contributed by atoms with van der Waals surface area (Å²) in [5, 5.41) is 0. The van der Waals surface area contributed by atoms with Crippen LogP contribution in [0, 0.1) is 11.8 Å². The average molecular weight is 835 g/mol. The van der Waals surface area contributed by atoms with Crippen LogP contribution in [0.2, 0.25) is 0 Å². The van der Waals surface area contributed by atoms with Crippen molar-refractivity contribution < 1.29 is 28.6 Å². The monoisotopic (exact) mass is 835 g/mol. The van der Waals surface area contributed by atoms with Crippen LogP contribution < -0.4 is 0 Å². The summed E-state index contributed by atoms with van der Waals surface area (Å²) >= 11 is 0. The van der Waals surface area contributed by atoms with E-state index in [1.165, 1.54) is 180 Å². The molecule has 0 aromatic heterocycles. The maximum Gasteiger partial charge on any atom is 0.306 e. The third-order valence-electron chi connectivity index (χ3n) is 12.7. The first kappa shape index (κ1) is 57.4. The number of rotatable bonds is 47. The first-order chi connectivity index (χ1) is 28.8. The molecule has 0 aromatic carbocycles. The zero-order valence-corrected chi connectivity index (χ0v) is 40.4. The van der Waals surface area contributed by atoms with Crippen molar-refractivity contribution in [2.75, 3.05) is 13.2 Å². The molecule has 0 fully saturated rings. The van der Waals surface area contributed by atoms with Gasteiger partial charge in [0.15, 0.2) is 6.10 Å². The maximum atomic E-state index is 12.8. The molecule has 3 atom stereocenters. The van der Waals surface area contributed by atoms with Crippen molar-refractivity contribution in [2.45, 2.75) is 298 Å². The molecule has 0 saturated carbocycles. The van der Waals surface area contributed by atoms with Crippen LogP contribution in [-0.2, 0) is 28.6 Å². The Morgan fingerprint density at radius 1 is 0.339 bits per heavy atom. The van der Waals surface area contributed by atoms with E-state index < -0.39 is 6.10 Å². The molecule has 350 valence electrons. The highest BCUT2D eigenvalue weighted by molar-refractivity contribution is 5.71. The van der Waals surface area contributed by atoms with Gasteiger partial charge >= 0.3 is 17.9 Å². The topological polar surface area (TPSA) is 78.9 Å². The molecule has 0 saturated heterocycles. The normalized spacial score (nSPS) is 13.0. The molecule has 0 aliphatic heterocycles. The fraction of sp³-hybridized carbons (Fsp3) is 0.943. The van der Waals surface area contributed by atoms with Crippen LogP contribution in [0.1, 0.15) is 291 Å². The average Bonchev–Trinajstić information content (AvgIpc) is 3.23. The highest BCUT2D eigenvalue weighted by Crippen LogP contribution is 2.18. The van der Waals surface area contributed by atoms with Crippen LogP contribution in [-0.4, -0.2) is 37.2 Å². The third-order valence-corrected chi connectivity index (χ3v) is 12.7. The molecule has 0 aromatic rings. The molecular formula is C53H102O6. The summed E-state index contributed by atoms with van der Waals surface area (Å²) in [7, 11) is 0. The summed E-state index contributed by atoms with van der Waals surface area (Å²) in [6.45, 7) is 11.4. The first-order valence-corrected chi connectivity index (χ1v) is 26.3. The molecule has 0 heterocycles. The number of hydrogen-bond acceptors (Lipinski definition) is 6. The second-order valence-corrected chi connectivity index (χ2v) is 18.6. The number of carbonyl (C=O) groups excluding carboxylic acids is 3.